The lowest BCUT2D eigenvalue weighted by atomic mass is 9.94. The van der Waals surface area contributed by atoms with Gasteiger partial charge in [-0.25, -0.2) is 0 Å². The van der Waals surface area contributed by atoms with Gasteiger partial charge in [0, 0.05) is 11.6 Å². The van der Waals surface area contributed by atoms with Gasteiger partial charge in [-0.05, 0) is 44.4 Å². The fourth-order valence-electron chi connectivity index (χ4n) is 3.04. The van der Waals surface area contributed by atoms with Gasteiger partial charge in [0.05, 0.1) is 6.54 Å². The van der Waals surface area contributed by atoms with Gasteiger partial charge in [-0.15, -0.1) is 0 Å². The molecule has 2 aliphatic rings. The summed E-state index contributed by atoms with van der Waals surface area (Å²) in [6, 6.07) is 6.27. The van der Waals surface area contributed by atoms with E-state index in [9.17, 15) is 4.79 Å². The Hall–Kier alpha value is -1.75. The lowest BCUT2D eigenvalue weighted by Crippen LogP contribution is -2.45. The highest BCUT2D eigenvalue weighted by Crippen LogP contribution is 2.35. The molecule has 0 atom stereocenters. The summed E-state index contributed by atoms with van der Waals surface area (Å²) in [7, 11) is 0. The minimum Gasteiger partial charge on any atom is -0.454 e. The second-order valence-corrected chi connectivity index (χ2v) is 6.60. The van der Waals surface area contributed by atoms with Crippen LogP contribution in [-0.2, 0) is 10.3 Å². The molecule has 0 aromatic heterocycles. The van der Waals surface area contributed by atoms with Crippen molar-refractivity contribution in [3.8, 4) is 11.5 Å². The Morgan fingerprint density at radius 2 is 1.95 bits per heavy atom. The highest BCUT2D eigenvalue weighted by Gasteiger charge is 2.25. The van der Waals surface area contributed by atoms with E-state index in [0.717, 1.165) is 29.9 Å². The zero-order valence-electron chi connectivity index (χ0n) is 13.3. The molecule has 2 N–H and O–H groups in total. The maximum absolute atomic E-state index is 12.0. The Balaban J connectivity index is 1.57. The van der Waals surface area contributed by atoms with Crippen LogP contribution in [0.15, 0.2) is 18.2 Å². The number of hydrogen-bond acceptors (Lipinski definition) is 4. The number of benzene rings is 1. The monoisotopic (exact) mass is 304 g/mol. The summed E-state index contributed by atoms with van der Waals surface area (Å²) in [4.78, 5) is 12.0. The van der Waals surface area contributed by atoms with Crippen LogP contribution < -0.4 is 20.1 Å². The number of ether oxygens (including phenoxy) is 2. The highest BCUT2D eigenvalue weighted by molar-refractivity contribution is 5.78. The minimum absolute atomic E-state index is 0.0701. The van der Waals surface area contributed by atoms with Crippen molar-refractivity contribution in [1.29, 1.82) is 0 Å². The maximum Gasteiger partial charge on any atom is 0.234 e. The van der Waals surface area contributed by atoms with Gasteiger partial charge in [-0.2, -0.15) is 0 Å². The first-order chi connectivity index (χ1) is 10.5. The van der Waals surface area contributed by atoms with E-state index in [0.29, 0.717) is 12.6 Å². The van der Waals surface area contributed by atoms with Crippen LogP contribution in [0.3, 0.4) is 0 Å². The molecule has 0 radical (unpaired) electrons. The molecule has 1 fully saturated rings. The Kier molecular flexibility index (Phi) is 4.25. The first-order valence-corrected chi connectivity index (χ1v) is 7.99. The number of amides is 1. The zero-order valence-corrected chi connectivity index (χ0v) is 13.3. The SMILES string of the molecule is CC(C)(NCC(=O)NC1CCCC1)c1ccc2c(c1)OCO2. The molecule has 5 nitrogen and oxygen atoms in total. The van der Waals surface area contributed by atoms with Crippen molar-refractivity contribution >= 4 is 5.91 Å². The predicted molar refractivity (Wildman–Crippen MR) is 84.0 cm³/mol. The van der Waals surface area contributed by atoms with Gasteiger partial charge < -0.3 is 14.8 Å². The van der Waals surface area contributed by atoms with Crippen molar-refractivity contribution in [2.45, 2.75) is 51.1 Å². The van der Waals surface area contributed by atoms with Gasteiger partial charge in [0.25, 0.3) is 0 Å². The Bertz CT molecular complexity index is 551. The molecule has 1 amide bonds. The van der Waals surface area contributed by atoms with Crippen LogP contribution in [0.2, 0.25) is 0 Å². The molecule has 1 aliphatic heterocycles. The van der Waals surface area contributed by atoms with E-state index < -0.39 is 0 Å². The second-order valence-electron chi connectivity index (χ2n) is 6.60. The normalized spacial score (nSPS) is 17.7. The molecule has 3 rings (SSSR count). The first-order valence-electron chi connectivity index (χ1n) is 7.99. The van der Waals surface area contributed by atoms with Crippen molar-refractivity contribution in [2.75, 3.05) is 13.3 Å². The van der Waals surface area contributed by atoms with Gasteiger partial charge in [0.15, 0.2) is 11.5 Å². The predicted octanol–water partition coefficient (Wildman–Crippen LogP) is 2.30. The molecule has 0 bridgehead atoms. The second kappa shape index (κ2) is 6.16. The fraction of sp³-hybridized carbons (Fsp3) is 0.588. The molecule has 5 heteroatoms. The average Bonchev–Trinajstić information content (AvgIpc) is 3.15. The summed E-state index contributed by atoms with van der Waals surface area (Å²) in [5, 5.41) is 6.43. The van der Waals surface area contributed by atoms with Gasteiger partial charge >= 0.3 is 0 Å². The van der Waals surface area contributed by atoms with E-state index in [2.05, 4.69) is 24.5 Å². The summed E-state index contributed by atoms with van der Waals surface area (Å²) < 4.78 is 10.8. The quantitative estimate of drug-likeness (QED) is 0.876. The van der Waals surface area contributed by atoms with Gasteiger partial charge in [0.2, 0.25) is 12.7 Å². The van der Waals surface area contributed by atoms with E-state index in [-0.39, 0.29) is 18.2 Å². The van der Waals surface area contributed by atoms with Crippen LogP contribution >= 0.6 is 0 Å². The fourth-order valence-corrected chi connectivity index (χ4v) is 3.04. The van der Waals surface area contributed by atoms with Crippen LogP contribution in [0.5, 0.6) is 11.5 Å². The third-order valence-corrected chi connectivity index (χ3v) is 4.51. The molecule has 1 saturated carbocycles. The van der Waals surface area contributed by atoms with Crippen molar-refractivity contribution in [1.82, 2.24) is 10.6 Å². The summed E-state index contributed by atoms with van der Waals surface area (Å²) in [6.07, 6.45) is 4.66. The molecule has 0 saturated heterocycles. The van der Waals surface area contributed by atoms with Crippen molar-refractivity contribution in [3.05, 3.63) is 23.8 Å². The molecule has 0 unspecified atom stereocenters. The molecule has 22 heavy (non-hydrogen) atoms. The van der Waals surface area contributed by atoms with Crippen LogP contribution in [0.4, 0.5) is 0 Å². The van der Waals surface area contributed by atoms with Crippen molar-refractivity contribution in [3.63, 3.8) is 0 Å². The molecule has 0 spiro atoms. The minimum atomic E-state index is -0.312. The summed E-state index contributed by atoms with van der Waals surface area (Å²) in [6.45, 7) is 4.72. The molecule has 1 aliphatic carbocycles. The molecule has 1 aromatic rings. The largest absolute Gasteiger partial charge is 0.454 e. The average molecular weight is 304 g/mol. The Labute approximate surface area is 131 Å². The highest BCUT2D eigenvalue weighted by atomic mass is 16.7. The topological polar surface area (TPSA) is 59.6 Å². The van der Waals surface area contributed by atoms with Crippen LogP contribution in [0.25, 0.3) is 0 Å². The van der Waals surface area contributed by atoms with Gasteiger partial charge in [-0.3, -0.25) is 10.1 Å². The number of fused-ring (bicyclic) bond motifs is 1. The van der Waals surface area contributed by atoms with Crippen LogP contribution in [0.1, 0.15) is 45.1 Å². The summed E-state index contributed by atoms with van der Waals surface area (Å²) in [5.41, 5.74) is 0.763. The zero-order chi connectivity index (χ0) is 15.6. The van der Waals surface area contributed by atoms with Crippen molar-refractivity contribution < 1.29 is 14.3 Å². The van der Waals surface area contributed by atoms with Crippen molar-refractivity contribution in [2.24, 2.45) is 0 Å². The number of carbonyl (C=O) groups excluding carboxylic acids is 1. The van der Waals surface area contributed by atoms with Crippen LogP contribution in [-0.4, -0.2) is 25.3 Å². The van der Waals surface area contributed by atoms with E-state index in [4.69, 9.17) is 9.47 Å². The molecular weight excluding hydrogens is 280 g/mol. The third-order valence-electron chi connectivity index (χ3n) is 4.51. The molecule has 120 valence electrons. The standard InChI is InChI=1S/C17H24N2O3/c1-17(2,12-7-8-14-15(9-12)22-11-21-14)18-10-16(20)19-13-5-3-4-6-13/h7-9,13,18H,3-6,10-11H2,1-2H3,(H,19,20). The smallest absolute Gasteiger partial charge is 0.234 e. The first kappa shape index (κ1) is 15.2. The van der Waals surface area contributed by atoms with Gasteiger partial charge in [-0.1, -0.05) is 18.9 Å². The van der Waals surface area contributed by atoms with Gasteiger partial charge in [0.1, 0.15) is 0 Å². The Morgan fingerprint density at radius 3 is 2.73 bits per heavy atom. The lowest BCUT2D eigenvalue weighted by Gasteiger charge is -2.27. The number of rotatable bonds is 5. The number of carbonyl (C=O) groups is 1. The van der Waals surface area contributed by atoms with Crippen LogP contribution in [0, 0.1) is 0 Å². The third kappa shape index (κ3) is 3.35. The summed E-state index contributed by atoms with van der Waals surface area (Å²) in [5.74, 6) is 1.61. The van der Waals surface area contributed by atoms with E-state index >= 15 is 0 Å². The van der Waals surface area contributed by atoms with E-state index in [1.165, 1.54) is 12.8 Å². The number of nitrogens with one attached hydrogen (secondary N) is 2. The van der Waals surface area contributed by atoms with E-state index in [1.54, 1.807) is 0 Å². The molecular formula is C17H24N2O3. The lowest BCUT2D eigenvalue weighted by molar-refractivity contribution is -0.121. The summed E-state index contributed by atoms with van der Waals surface area (Å²) >= 11 is 0. The Morgan fingerprint density at radius 1 is 1.23 bits per heavy atom. The maximum atomic E-state index is 12.0. The molecule has 1 aromatic carbocycles. The molecule has 1 heterocycles. The number of hydrogen-bond donors (Lipinski definition) is 2. The van der Waals surface area contributed by atoms with E-state index in [1.807, 2.05) is 18.2 Å².